The second kappa shape index (κ2) is 6.54. The highest BCUT2D eigenvalue weighted by Crippen LogP contribution is 1.98. The Morgan fingerprint density at radius 1 is 1.54 bits per heavy atom. The molecule has 0 aliphatic heterocycles. The summed E-state index contributed by atoms with van der Waals surface area (Å²) >= 11 is 1.45. The predicted molar refractivity (Wildman–Crippen MR) is 52.5 cm³/mol. The minimum atomic E-state index is -1.11. The van der Waals surface area contributed by atoms with Crippen LogP contribution >= 0.6 is 11.8 Å². The van der Waals surface area contributed by atoms with Crippen LogP contribution in [0.3, 0.4) is 0 Å². The zero-order chi connectivity index (χ0) is 10.3. The van der Waals surface area contributed by atoms with Crippen molar-refractivity contribution in [3.05, 3.63) is 11.8 Å². The molecule has 0 fully saturated rings. The Morgan fingerprint density at radius 2 is 2.15 bits per heavy atom. The summed E-state index contributed by atoms with van der Waals surface area (Å²) < 4.78 is 0. The van der Waals surface area contributed by atoms with Gasteiger partial charge in [-0.25, -0.2) is 4.79 Å². The van der Waals surface area contributed by atoms with Crippen molar-refractivity contribution < 1.29 is 14.7 Å². The van der Waals surface area contributed by atoms with Crippen molar-refractivity contribution in [2.45, 2.75) is 13.8 Å². The minimum Gasteiger partial charge on any atom is -0.477 e. The van der Waals surface area contributed by atoms with Crippen molar-refractivity contribution in [1.82, 2.24) is 5.32 Å². The summed E-state index contributed by atoms with van der Waals surface area (Å²) in [5.74, 6) is -0.257. The maximum atomic E-state index is 11.0. The predicted octanol–water partition coefficient (Wildman–Crippen LogP) is 0.844. The summed E-state index contributed by atoms with van der Waals surface area (Å²) in [5, 5.41) is 10.9. The summed E-state index contributed by atoms with van der Waals surface area (Å²) in [7, 11) is 0. The number of carboxylic acids is 1. The highest BCUT2D eigenvalue weighted by Gasteiger charge is 2.09. The standard InChI is InChI=1S/C8H13NO3S/c1-3-6(8(11)12)9-7(10)5-13-4-2/h3H,4-5H2,1-2H3,(H,9,10)(H,11,12)/b6-3-. The smallest absolute Gasteiger partial charge is 0.352 e. The van der Waals surface area contributed by atoms with Crippen molar-refractivity contribution in [1.29, 1.82) is 0 Å². The topological polar surface area (TPSA) is 66.4 Å². The Bertz CT molecular complexity index is 225. The van der Waals surface area contributed by atoms with E-state index in [0.717, 1.165) is 5.75 Å². The normalized spacial score (nSPS) is 11.1. The summed E-state index contributed by atoms with van der Waals surface area (Å²) in [6.45, 7) is 3.50. The minimum absolute atomic E-state index is 0.0679. The monoisotopic (exact) mass is 203 g/mol. The van der Waals surface area contributed by atoms with E-state index in [4.69, 9.17) is 5.11 Å². The van der Waals surface area contributed by atoms with E-state index >= 15 is 0 Å². The lowest BCUT2D eigenvalue weighted by Gasteiger charge is -2.03. The molecule has 13 heavy (non-hydrogen) atoms. The van der Waals surface area contributed by atoms with E-state index in [9.17, 15) is 9.59 Å². The fourth-order valence-electron chi connectivity index (χ4n) is 0.630. The lowest BCUT2D eigenvalue weighted by Crippen LogP contribution is -2.28. The van der Waals surface area contributed by atoms with Crippen LogP contribution in [0.5, 0.6) is 0 Å². The fourth-order valence-corrected chi connectivity index (χ4v) is 1.09. The van der Waals surface area contributed by atoms with Crippen molar-refractivity contribution >= 4 is 23.6 Å². The maximum Gasteiger partial charge on any atom is 0.352 e. The maximum absolute atomic E-state index is 11.0. The van der Waals surface area contributed by atoms with E-state index in [2.05, 4.69) is 5.32 Å². The Hall–Kier alpha value is -0.970. The van der Waals surface area contributed by atoms with Crippen LogP contribution < -0.4 is 5.32 Å². The number of aliphatic carboxylic acids is 1. The molecule has 0 heterocycles. The van der Waals surface area contributed by atoms with Crippen LogP contribution in [0.1, 0.15) is 13.8 Å². The van der Waals surface area contributed by atoms with Crippen molar-refractivity contribution in [2.75, 3.05) is 11.5 Å². The molecular weight excluding hydrogens is 190 g/mol. The van der Waals surface area contributed by atoms with Gasteiger partial charge in [0.2, 0.25) is 5.91 Å². The van der Waals surface area contributed by atoms with Crippen LogP contribution in [0.25, 0.3) is 0 Å². The molecule has 74 valence electrons. The van der Waals surface area contributed by atoms with Gasteiger partial charge in [0.15, 0.2) is 0 Å². The van der Waals surface area contributed by atoms with E-state index in [1.54, 1.807) is 6.92 Å². The molecule has 0 radical (unpaired) electrons. The van der Waals surface area contributed by atoms with Gasteiger partial charge in [-0.2, -0.15) is 11.8 Å². The van der Waals surface area contributed by atoms with Crippen LogP contribution in [-0.4, -0.2) is 28.5 Å². The number of allylic oxidation sites excluding steroid dienone is 1. The highest BCUT2D eigenvalue weighted by atomic mass is 32.2. The molecule has 2 N–H and O–H groups in total. The van der Waals surface area contributed by atoms with Crippen LogP contribution in [0, 0.1) is 0 Å². The van der Waals surface area contributed by atoms with Gasteiger partial charge in [-0.1, -0.05) is 13.0 Å². The number of nitrogens with one attached hydrogen (secondary N) is 1. The molecule has 0 spiro atoms. The van der Waals surface area contributed by atoms with Gasteiger partial charge in [-0.15, -0.1) is 0 Å². The summed E-state index contributed by atoms with van der Waals surface area (Å²) in [5.41, 5.74) is -0.0679. The molecule has 0 aliphatic rings. The summed E-state index contributed by atoms with van der Waals surface area (Å²) in [4.78, 5) is 21.5. The van der Waals surface area contributed by atoms with Gasteiger partial charge in [-0.05, 0) is 12.7 Å². The van der Waals surface area contributed by atoms with Gasteiger partial charge in [-0.3, -0.25) is 4.79 Å². The lowest BCUT2D eigenvalue weighted by molar-refractivity contribution is -0.134. The Kier molecular flexibility index (Phi) is 6.05. The van der Waals surface area contributed by atoms with Gasteiger partial charge in [0.1, 0.15) is 5.70 Å². The fraction of sp³-hybridized carbons (Fsp3) is 0.500. The lowest BCUT2D eigenvalue weighted by atomic mass is 10.4. The number of rotatable bonds is 5. The molecule has 0 aliphatic carbocycles. The Balaban J connectivity index is 3.96. The summed E-state index contributed by atoms with van der Waals surface area (Å²) in [6.07, 6.45) is 1.36. The molecule has 0 rings (SSSR count). The SMILES string of the molecule is C/C=C(\NC(=O)CSCC)C(=O)O. The van der Waals surface area contributed by atoms with Crippen LogP contribution in [0.15, 0.2) is 11.8 Å². The van der Waals surface area contributed by atoms with Crippen molar-refractivity contribution in [3.8, 4) is 0 Å². The molecule has 0 bridgehead atoms. The largest absolute Gasteiger partial charge is 0.477 e. The molecule has 1 amide bonds. The number of carboxylic acid groups (broad SMARTS) is 1. The first kappa shape index (κ1) is 12.0. The first-order valence-corrected chi connectivity index (χ1v) is 5.04. The molecule has 0 aromatic heterocycles. The van der Waals surface area contributed by atoms with Crippen LogP contribution in [0.2, 0.25) is 0 Å². The molecule has 0 unspecified atom stereocenters. The second-order valence-electron chi connectivity index (χ2n) is 2.19. The van der Waals surface area contributed by atoms with Crippen molar-refractivity contribution in [3.63, 3.8) is 0 Å². The van der Waals surface area contributed by atoms with Crippen LogP contribution in [-0.2, 0) is 9.59 Å². The molecule has 0 saturated heterocycles. The molecular formula is C8H13NO3S. The highest BCUT2D eigenvalue weighted by molar-refractivity contribution is 7.99. The molecule has 0 aromatic rings. The second-order valence-corrected chi connectivity index (χ2v) is 3.47. The van der Waals surface area contributed by atoms with Gasteiger partial charge in [0.25, 0.3) is 0 Å². The number of carbonyl (C=O) groups excluding carboxylic acids is 1. The zero-order valence-corrected chi connectivity index (χ0v) is 8.48. The quantitative estimate of drug-likeness (QED) is 0.650. The number of hydrogen-bond donors (Lipinski definition) is 2. The molecule has 4 nitrogen and oxygen atoms in total. The molecule has 0 atom stereocenters. The van der Waals surface area contributed by atoms with Gasteiger partial charge < -0.3 is 10.4 Å². The third-order valence-corrected chi connectivity index (χ3v) is 2.11. The summed E-state index contributed by atoms with van der Waals surface area (Å²) in [6, 6.07) is 0. The van der Waals surface area contributed by atoms with Gasteiger partial charge >= 0.3 is 5.97 Å². The van der Waals surface area contributed by atoms with E-state index in [-0.39, 0.29) is 11.6 Å². The average Bonchev–Trinajstić information content (AvgIpc) is 2.10. The van der Waals surface area contributed by atoms with E-state index in [1.165, 1.54) is 17.8 Å². The van der Waals surface area contributed by atoms with Crippen LogP contribution in [0.4, 0.5) is 0 Å². The Labute approximate surface area is 81.4 Å². The molecule has 0 saturated carbocycles. The third kappa shape index (κ3) is 5.30. The first-order chi connectivity index (χ1) is 6.11. The third-order valence-electron chi connectivity index (χ3n) is 1.23. The van der Waals surface area contributed by atoms with E-state index in [0.29, 0.717) is 5.75 Å². The number of hydrogen-bond acceptors (Lipinski definition) is 3. The van der Waals surface area contributed by atoms with E-state index < -0.39 is 5.97 Å². The number of thioether (sulfide) groups is 1. The van der Waals surface area contributed by atoms with Gasteiger partial charge in [0.05, 0.1) is 5.75 Å². The average molecular weight is 203 g/mol. The number of amides is 1. The molecule has 0 aromatic carbocycles. The number of carbonyl (C=O) groups is 2. The van der Waals surface area contributed by atoms with E-state index in [1.807, 2.05) is 6.92 Å². The molecule has 5 heteroatoms. The van der Waals surface area contributed by atoms with Gasteiger partial charge in [0, 0.05) is 0 Å². The first-order valence-electron chi connectivity index (χ1n) is 3.89. The van der Waals surface area contributed by atoms with Crippen molar-refractivity contribution in [2.24, 2.45) is 0 Å². The Morgan fingerprint density at radius 3 is 2.54 bits per heavy atom. The zero-order valence-electron chi connectivity index (χ0n) is 7.66.